The van der Waals surface area contributed by atoms with Crippen LogP contribution in [0.3, 0.4) is 0 Å². The van der Waals surface area contributed by atoms with E-state index in [4.69, 9.17) is 0 Å². The molecule has 0 fully saturated rings. The summed E-state index contributed by atoms with van der Waals surface area (Å²) in [6, 6.07) is 15.7. The number of rotatable bonds is 0. The lowest BCUT2D eigenvalue weighted by Gasteiger charge is -1.83. The molecule has 0 N–H and O–H groups in total. The van der Waals surface area contributed by atoms with Gasteiger partial charge in [-0.15, -0.1) is 5.10 Å². The van der Waals surface area contributed by atoms with E-state index in [1.54, 1.807) is 2.90 Å². The van der Waals surface area contributed by atoms with Gasteiger partial charge in [-0.2, -0.15) is 2.90 Å². The van der Waals surface area contributed by atoms with Crippen LogP contribution in [0.2, 0.25) is 0 Å². The van der Waals surface area contributed by atoms with Crippen LogP contribution >= 0.6 is 22.9 Å². The van der Waals surface area contributed by atoms with E-state index in [2.05, 4.69) is 33.2 Å². The van der Waals surface area contributed by atoms with Gasteiger partial charge in [0.1, 0.15) is 11.0 Å². The summed E-state index contributed by atoms with van der Waals surface area (Å²) in [5.74, 6) is 0. The predicted octanol–water partition coefficient (Wildman–Crippen LogP) is 2.75. The molecule has 0 atom stereocenters. The van der Waals surface area contributed by atoms with Crippen LogP contribution in [-0.2, 0) is 0 Å². The normalized spacial score (nSPS) is 9.79. The van der Waals surface area contributed by atoms with Crippen LogP contribution in [0.1, 0.15) is 0 Å². The topological polar surface area (TPSA) is 30.7 Å². The monoisotopic (exact) mass is 297 g/mol. The molecule has 1 aromatic heterocycles. The van der Waals surface area contributed by atoms with Gasteiger partial charge in [-0.3, -0.25) is 0 Å². The third-order valence-corrected chi connectivity index (χ3v) is 2.47. The smallest absolute Gasteiger partial charge is 0.114 e. The summed E-state index contributed by atoms with van der Waals surface area (Å²) in [5.41, 5.74) is 1.89. The molecule has 0 aliphatic heterocycles. The second kappa shape index (κ2) is 4.36. The lowest BCUT2D eigenvalue weighted by molar-refractivity contribution is 0.938. The maximum absolute atomic E-state index is 4.04. The Morgan fingerprint density at radius 2 is 1.57 bits per heavy atom. The number of halogens is 1. The second-order valence-electron chi connectivity index (χ2n) is 2.71. The van der Waals surface area contributed by atoms with Gasteiger partial charge < -0.3 is 0 Å². The van der Waals surface area contributed by atoms with Crippen molar-refractivity contribution >= 4 is 33.9 Å². The molecule has 0 aliphatic carbocycles. The summed E-state index contributed by atoms with van der Waals surface area (Å²) in [5, 5.41) is 7.99. The van der Waals surface area contributed by atoms with Gasteiger partial charge >= 0.3 is 0 Å². The van der Waals surface area contributed by atoms with Gasteiger partial charge in [0, 0.05) is 0 Å². The summed E-state index contributed by atoms with van der Waals surface area (Å²) >= 11 is 2.11. The molecule has 4 heteroatoms. The highest BCUT2D eigenvalue weighted by atomic mass is 127. The van der Waals surface area contributed by atoms with Crippen molar-refractivity contribution in [1.82, 2.24) is 13.2 Å². The van der Waals surface area contributed by atoms with Gasteiger partial charge in [0.05, 0.1) is 22.9 Å². The molecular formula is C10H8IN3. The van der Waals surface area contributed by atoms with Gasteiger partial charge in [0.15, 0.2) is 0 Å². The van der Waals surface area contributed by atoms with Crippen molar-refractivity contribution in [2.24, 2.45) is 0 Å². The van der Waals surface area contributed by atoms with Crippen molar-refractivity contribution in [3.05, 3.63) is 48.5 Å². The molecule has 0 saturated heterocycles. The van der Waals surface area contributed by atoms with Crippen LogP contribution in [0.25, 0.3) is 11.0 Å². The van der Waals surface area contributed by atoms with E-state index in [0.29, 0.717) is 0 Å². The van der Waals surface area contributed by atoms with Crippen LogP contribution in [0.5, 0.6) is 0 Å². The van der Waals surface area contributed by atoms with Gasteiger partial charge in [-0.05, 0) is 12.1 Å². The molecule has 2 rings (SSSR count). The minimum Gasteiger partial charge on any atom is -0.184 e. The zero-order chi connectivity index (χ0) is 9.80. The van der Waals surface area contributed by atoms with Gasteiger partial charge in [0.2, 0.25) is 0 Å². The summed E-state index contributed by atoms with van der Waals surface area (Å²) in [4.78, 5) is 0. The first-order chi connectivity index (χ1) is 6.88. The largest absolute Gasteiger partial charge is 0.184 e. The maximum atomic E-state index is 4.04. The fraction of sp³-hybridized carbons (Fsp3) is 0. The Balaban J connectivity index is 2.78. The third kappa shape index (κ3) is 2.01. The van der Waals surface area contributed by atoms with E-state index in [1.165, 1.54) is 0 Å². The Morgan fingerprint density at radius 3 is 2.36 bits per heavy atom. The van der Waals surface area contributed by atoms with Crippen molar-refractivity contribution in [2.75, 3.05) is 0 Å². The minimum absolute atomic E-state index is 0.885. The first-order valence-electron chi connectivity index (χ1n) is 4.18. The average Bonchev–Trinajstić information content (AvgIpc) is 2.55. The quantitative estimate of drug-likeness (QED) is 0.700. The van der Waals surface area contributed by atoms with Crippen LogP contribution < -0.4 is 0 Å². The summed E-state index contributed by atoms with van der Waals surface area (Å²) in [6.45, 7) is 0. The Kier molecular flexibility index (Phi) is 2.93. The summed E-state index contributed by atoms with van der Waals surface area (Å²) in [6.07, 6.45) is 0. The minimum atomic E-state index is 0.885. The van der Waals surface area contributed by atoms with E-state index in [-0.39, 0.29) is 0 Å². The van der Waals surface area contributed by atoms with Crippen molar-refractivity contribution in [2.45, 2.75) is 0 Å². The lowest BCUT2D eigenvalue weighted by Crippen LogP contribution is -1.78. The number of fused-ring (bicyclic) bond motifs is 1. The van der Waals surface area contributed by atoms with E-state index >= 15 is 0 Å². The average molecular weight is 297 g/mol. The fourth-order valence-electron chi connectivity index (χ4n) is 1.10. The predicted molar refractivity (Wildman–Crippen MR) is 64.6 cm³/mol. The van der Waals surface area contributed by atoms with Crippen molar-refractivity contribution in [3.63, 3.8) is 0 Å². The Morgan fingerprint density at radius 1 is 0.929 bits per heavy atom. The highest BCUT2D eigenvalue weighted by Crippen LogP contribution is 2.08. The molecule has 0 bridgehead atoms. The molecule has 1 aromatic carbocycles. The highest BCUT2D eigenvalue weighted by Gasteiger charge is 1.95. The van der Waals surface area contributed by atoms with Crippen LogP contribution in [0, 0.1) is 0 Å². The molecule has 1 heterocycles. The highest BCUT2D eigenvalue weighted by molar-refractivity contribution is 14.1. The first kappa shape index (κ1) is 9.39. The zero-order valence-electron chi connectivity index (χ0n) is 7.34. The van der Waals surface area contributed by atoms with Crippen molar-refractivity contribution < 1.29 is 0 Å². The van der Waals surface area contributed by atoms with Gasteiger partial charge in [0.25, 0.3) is 0 Å². The molecule has 2 aromatic rings. The van der Waals surface area contributed by atoms with E-state index in [9.17, 15) is 0 Å². The standard InChI is InChI=1S/C10H8IN3/c11-14-10-8-6-4-2-1-3-5-7-9(10)12-13-14/h1-8H. The number of aromatic nitrogens is 3. The van der Waals surface area contributed by atoms with E-state index < -0.39 is 0 Å². The Hall–Kier alpha value is -1.17. The summed E-state index contributed by atoms with van der Waals surface area (Å²) in [7, 11) is 0. The molecule has 0 spiro atoms. The third-order valence-electron chi connectivity index (χ3n) is 1.76. The molecule has 3 nitrogen and oxygen atoms in total. The molecule has 0 saturated carbocycles. The molecule has 0 radical (unpaired) electrons. The van der Waals surface area contributed by atoms with Crippen LogP contribution in [0.15, 0.2) is 48.5 Å². The van der Waals surface area contributed by atoms with Crippen molar-refractivity contribution in [1.29, 1.82) is 0 Å². The molecule has 0 aliphatic rings. The second-order valence-corrected chi connectivity index (χ2v) is 3.62. The van der Waals surface area contributed by atoms with E-state index in [0.717, 1.165) is 11.0 Å². The molecule has 0 unspecified atom stereocenters. The SMILES string of the molecule is In1nnc2ccccccccc21. The van der Waals surface area contributed by atoms with Gasteiger partial charge in [-0.25, -0.2) is 0 Å². The number of hydrogen-bond acceptors (Lipinski definition) is 2. The molecule has 14 heavy (non-hydrogen) atoms. The van der Waals surface area contributed by atoms with E-state index in [1.807, 2.05) is 48.5 Å². The number of nitrogens with zero attached hydrogens (tertiary/aromatic N) is 3. The van der Waals surface area contributed by atoms with Gasteiger partial charge in [-0.1, -0.05) is 41.6 Å². The molecular weight excluding hydrogens is 289 g/mol. The zero-order valence-corrected chi connectivity index (χ0v) is 9.50. The first-order valence-corrected chi connectivity index (χ1v) is 5.14. The Labute approximate surface area is 95.6 Å². The Bertz CT molecular complexity index is 491. The molecule has 70 valence electrons. The molecule has 0 amide bonds. The van der Waals surface area contributed by atoms with Crippen molar-refractivity contribution in [3.8, 4) is 0 Å². The lowest BCUT2D eigenvalue weighted by atomic mass is 10.3. The maximum Gasteiger partial charge on any atom is 0.114 e. The fourth-order valence-corrected chi connectivity index (χ4v) is 1.60. The summed E-state index contributed by atoms with van der Waals surface area (Å²) < 4.78 is 1.73. The van der Waals surface area contributed by atoms with Crippen LogP contribution in [0.4, 0.5) is 0 Å². The number of hydrogen-bond donors (Lipinski definition) is 0. The van der Waals surface area contributed by atoms with Crippen LogP contribution in [-0.4, -0.2) is 13.2 Å².